The first-order chi connectivity index (χ1) is 9.54. The van der Waals surface area contributed by atoms with Gasteiger partial charge < -0.3 is 5.32 Å². The standard InChI is InChI=1S/C13H13N3O3S/c1-20(19)9-10-3-2-4-11(7-10)15-13-6-5-12(8-14-13)16(17)18/h2-8H,9H2,1H3,(H,14,15). The Labute approximate surface area is 118 Å². The molecule has 0 spiro atoms. The molecule has 2 rings (SSSR count). The van der Waals surface area contributed by atoms with Gasteiger partial charge in [-0.3, -0.25) is 14.3 Å². The summed E-state index contributed by atoms with van der Waals surface area (Å²) in [5, 5.41) is 13.6. The second-order valence-electron chi connectivity index (χ2n) is 4.20. The zero-order valence-electron chi connectivity index (χ0n) is 10.8. The molecule has 0 fully saturated rings. The number of benzene rings is 1. The van der Waals surface area contributed by atoms with Crippen LogP contribution in [0.4, 0.5) is 17.2 Å². The molecule has 0 aliphatic carbocycles. The number of aromatic nitrogens is 1. The van der Waals surface area contributed by atoms with Crippen molar-refractivity contribution in [3.8, 4) is 0 Å². The number of pyridine rings is 1. The van der Waals surface area contributed by atoms with Gasteiger partial charge in [0.15, 0.2) is 0 Å². The fourth-order valence-electron chi connectivity index (χ4n) is 1.69. The molecular weight excluding hydrogens is 278 g/mol. The summed E-state index contributed by atoms with van der Waals surface area (Å²) in [4.78, 5) is 14.0. The van der Waals surface area contributed by atoms with Gasteiger partial charge in [0.25, 0.3) is 5.69 Å². The van der Waals surface area contributed by atoms with Crippen molar-refractivity contribution in [2.45, 2.75) is 5.75 Å². The molecule has 0 amide bonds. The van der Waals surface area contributed by atoms with E-state index in [0.29, 0.717) is 11.6 Å². The normalized spacial score (nSPS) is 11.8. The number of nitrogens with zero attached hydrogens (tertiary/aromatic N) is 2. The third-order valence-electron chi connectivity index (χ3n) is 2.53. The second-order valence-corrected chi connectivity index (χ2v) is 5.64. The van der Waals surface area contributed by atoms with Crippen molar-refractivity contribution >= 4 is 28.0 Å². The summed E-state index contributed by atoms with van der Waals surface area (Å²) >= 11 is 0. The SMILES string of the molecule is CS(=O)Cc1cccc(Nc2ccc([N+](=O)[O-])cn2)c1. The van der Waals surface area contributed by atoms with Crippen LogP contribution in [0.25, 0.3) is 0 Å². The summed E-state index contributed by atoms with van der Waals surface area (Å²) < 4.78 is 11.2. The number of nitro groups is 1. The van der Waals surface area contributed by atoms with Gasteiger partial charge in [0.1, 0.15) is 12.0 Å². The van der Waals surface area contributed by atoms with Crippen molar-refractivity contribution in [1.29, 1.82) is 0 Å². The summed E-state index contributed by atoms with van der Waals surface area (Å²) in [6.07, 6.45) is 2.85. The van der Waals surface area contributed by atoms with Crippen LogP contribution in [0.3, 0.4) is 0 Å². The van der Waals surface area contributed by atoms with Crippen molar-refractivity contribution in [3.63, 3.8) is 0 Å². The zero-order valence-corrected chi connectivity index (χ0v) is 11.6. The topological polar surface area (TPSA) is 85.1 Å². The van der Waals surface area contributed by atoms with Gasteiger partial charge in [0, 0.05) is 34.6 Å². The molecular formula is C13H13N3O3S. The molecule has 7 heteroatoms. The first-order valence-corrected chi connectivity index (χ1v) is 7.54. The zero-order chi connectivity index (χ0) is 14.5. The average molecular weight is 291 g/mol. The van der Waals surface area contributed by atoms with E-state index in [2.05, 4.69) is 10.3 Å². The Bertz CT molecular complexity index is 644. The third kappa shape index (κ3) is 3.86. The molecule has 104 valence electrons. The van der Waals surface area contributed by atoms with Gasteiger partial charge in [-0.2, -0.15) is 0 Å². The van der Waals surface area contributed by atoms with Gasteiger partial charge in [0.05, 0.1) is 4.92 Å². The Morgan fingerprint density at radius 2 is 2.15 bits per heavy atom. The van der Waals surface area contributed by atoms with Crippen LogP contribution in [-0.4, -0.2) is 20.4 Å². The van der Waals surface area contributed by atoms with Crippen molar-refractivity contribution in [2.75, 3.05) is 11.6 Å². The van der Waals surface area contributed by atoms with Crippen LogP contribution in [0.2, 0.25) is 0 Å². The molecule has 1 aromatic heterocycles. The molecule has 0 radical (unpaired) electrons. The molecule has 6 nitrogen and oxygen atoms in total. The first-order valence-electron chi connectivity index (χ1n) is 5.81. The summed E-state index contributed by atoms with van der Waals surface area (Å²) in [6, 6.07) is 10.4. The third-order valence-corrected chi connectivity index (χ3v) is 3.27. The van der Waals surface area contributed by atoms with E-state index in [9.17, 15) is 14.3 Å². The quantitative estimate of drug-likeness (QED) is 0.676. The van der Waals surface area contributed by atoms with Crippen molar-refractivity contribution < 1.29 is 9.13 Å². The molecule has 2 aromatic rings. The highest BCUT2D eigenvalue weighted by Gasteiger charge is 2.05. The lowest BCUT2D eigenvalue weighted by atomic mass is 10.2. The molecule has 1 N–H and O–H groups in total. The maximum atomic E-state index is 11.2. The Hall–Kier alpha value is -2.28. The Kier molecular flexibility index (Phi) is 4.41. The summed E-state index contributed by atoms with van der Waals surface area (Å²) in [7, 11) is -0.898. The lowest BCUT2D eigenvalue weighted by Gasteiger charge is -2.07. The van der Waals surface area contributed by atoms with E-state index in [0.717, 1.165) is 11.3 Å². The van der Waals surface area contributed by atoms with Crippen molar-refractivity contribution in [1.82, 2.24) is 4.98 Å². The van der Waals surface area contributed by atoms with Crippen LogP contribution in [-0.2, 0) is 16.6 Å². The molecule has 0 aliphatic heterocycles. The van der Waals surface area contributed by atoms with Gasteiger partial charge >= 0.3 is 0 Å². The van der Waals surface area contributed by atoms with E-state index in [-0.39, 0.29) is 5.69 Å². The van der Waals surface area contributed by atoms with Crippen LogP contribution in [0, 0.1) is 10.1 Å². The highest BCUT2D eigenvalue weighted by molar-refractivity contribution is 7.83. The van der Waals surface area contributed by atoms with Gasteiger partial charge in [-0.05, 0) is 23.8 Å². The molecule has 0 bridgehead atoms. The Balaban J connectivity index is 2.13. The van der Waals surface area contributed by atoms with E-state index in [1.54, 1.807) is 12.3 Å². The lowest BCUT2D eigenvalue weighted by molar-refractivity contribution is -0.385. The fourth-order valence-corrected chi connectivity index (χ4v) is 2.34. The average Bonchev–Trinajstić information content (AvgIpc) is 2.39. The van der Waals surface area contributed by atoms with E-state index >= 15 is 0 Å². The van der Waals surface area contributed by atoms with Crippen molar-refractivity contribution in [3.05, 3.63) is 58.3 Å². The van der Waals surface area contributed by atoms with Crippen LogP contribution in [0.1, 0.15) is 5.56 Å². The molecule has 0 saturated carbocycles. The predicted molar refractivity (Wildman–Crippen MR) is 78.4 cm³/mol. The van der Waals surface area contributed by atoms with Gasteiger partial charge in [-0.1, -0.05) is 12.1 Å². The molecule has 0 saturated heterocycles. The molecule has 0 aliphatic rings. The van der Waals surface area contributed by atoms with Gasteiger partial charge in [-0.25, -0.2) is 4.98 Å². The van der Waals surface area contributed by atoms with Crippen molar-refractivity contribution in [2.24, 2.45) is 0 Å². The summed E-state index contributed by atoms with van der Waals surface area (Å²) in [5.74, 6) is 1.01. The number of nitrogens with one attached hydrogen (secondary N) is 1. The minimum absolute atomic E-state index is 0.0503. The first kappa shape index (κ1) is 14.1. The number of anilines is 2. The number of hydrogen-bond acceptors (Lipinski definition) is 5. The highest BCUT2D eigenvalue weighted by Crippen LogP contribution is 2.18. The predicted octanol–water partition coefficient (Wildman–Crippen LogP) is 2.61. The Morgan fingerprint density at radius 3 is 2.75 bits per heavy atom. The molecule has 1 heterocycles. The van der Waals surface area contributed by atoms with Crippen LogP contribution in [0.5, 0.6) is 0 Å². The minimum atomic E-state index is -0.898. The molecule has 1 unspecified atom stereocenters. The largest absolute Gasteiger partial charge is 0.340 e. The molecule has 1 atom stereocenters. The minimum Gasteiger partial charge on any atom is -0.340 e. The summed E-state index contributed by atoms with van der Waals surface area (Å²) in [6.45, 7) is 0. The van der Waals surface area contributed by atoms with E-state index in [1.165, 1.54) is 12.3 Å². The number of rotatable bonds is 5. The second kappa shape index (κ2) is 6.25. The fraction of sp³-hybridized carbons (Fsp3) is 0.154. The monoisotopic (exact) mass is 291 g/mol. The maximum absolute atomic E-state index is 11.2. The molecule has 1 aromatic carbocycles. The van der Waals surface area contributed by atoms with E-state index in [4.69, 9.17) is 0 Å². The van der Waals surface area contributed by atoms with Crippen LogP contribution in [0.15, 0.2) is 42.6 Å². The van der Waals surface area contributed by atoms with Crippen LogP contribution < -0.4 is 5.32 Å². The maximum Gasteiger partial charge on any atom is 0.287 e. The van der Waals surface area contributed by atoms with Gasteiger partial charge in [-0.15, -0.1) is 0 Å². The number of hydrogen-bond donors (Lipinski definition) is 1. The van der Waals surface area contributed by atoms with E-state index < -0.39 is 15.7 Å². The van der Waals surface area contributed by atoms with Gasteiger partial charge in [0.2, 0.25) is 0 Å². The highest BCUT2D eigenvalue weighted by atomic mass is 32.2. The smallest absolute Gasteiger partial charge is 0.287 e. The lowest BCUT2D eigenvalue weighted by Crippen LogP contribution is -1.97. The summed E-state index contributed by atoms with van der Waals surface area (Å²) in [5.41, 5.74) is 1.71. The van der Waals surface area contributed by atoms with E-state index in [1.807, 2.05) is 24.3 Å². The molecule has 20 heavy (non-hydrogen) atoms. The Morgan fingerprint density at radius 1 is 1.35 bits per heavy atom. The van der Waals surface area contributed by atoms with Crippen LogP contribution >= 0.6 is 0 Å².